The van der Waals surface area contributed by atoms with E-state index in [2.05, 4.69) is 4.99 Å². The molecule has 0 aliphatic carbocycles. The van der Waals surface area contributed by atoms with E-state index in [-0.39, 0.29) is 24.2 Å². The Kier molecular flexibility index (Phi) is 2.74. The molecule has 2 aliphatic heterocycles. The molecule has 2 heterocycles. The molecule has 19 heavy (non-hydrogen) atoms. The number of rotatable bonds is 3. The van der Waals surface area contributed by atoms with Crippen LogP contribution in [0.1, 0.15) is 29.8 Å². The van der Waals surface area contributed by atoms with Gasteiger partial charge in [-0.15, -0.1) is 0 Å². The van der Waals surface area contributed by atoms with Crippen molar-refractivity contribution in [2.75, 3.05) is 14.2 Å². The van der Waals surface area contributed by atoms with Gasteiger partial charge in [0.15, 0.2) is 5.96 Å². The summed E-state index contributed by atoms with van der Waals surface area (Å²) >= 11 is 0. The van der Waals surface area contributed by atoms with Gasteiger partial charge in [0.25, 0.3) is 0 Å². The number of hydrogen-bond acceptors (Lipinski definition) is 4. The van der Waals surface area contributed by atoms with Crippen molar-refractivity contribution >= 4 is 5.96 Å². The van der Waals surface area contributed by atoms with Gasteiger partial charge in [-0.05, 0) is 12.1 Å². The molecule has 6 nitrogen and oxygen atoms in total. The van der Waals surface area contributed by atoms with Crippen molar-refractivity contribution in [1.82, 2.24) is 0 Å². The SMILES string of the molecule is COc1ccc(OC)c2c1C1CC(N=C(N)N)C2O1. The number of nitrogens with two attached hydrogens (primary N) is 2. The highest BCUT2D eigenvalue weighted by Crippen LogP contribution is 2.57. The minimum absolute atomic E-state index is 0.0295. The van der Waals surface area contributed by atoms with E-state index in [0.717, 1.165) is 29.0 Å². The van der Waals surface area contributed by atoms with E-state index in [0.29, 0.717) is 0 Å². The van der Waals surface area contributed by atoms with Gasteiger partial charge in [0, 0.05) is 17.5 Å². The zero-order valence-corrected chi connectivity index (χ0v) is 10.9. The highest BCUT2D eigenvalue weighted by Gasteiger charge is 2.48. The summed E-state index contributed by atoms with van der Waals surface area (Å²) in [5.74, 6) is 1.70. The van der Waals surface area contributed by atoms with Crippen LogP contribution in [0.2, 0.25) is 0 Å². The molecule has 0 aromatic heterocycles. The maximum Gasteiger partial charge on any atom is 0.186 e. The minimum Gasteiger partial charge on any atom is -0.496 e. The average Bonchev–Trinajstić information content (AvgIpc) is 2.95. The normalized spacial score (nSPS) is 26.9. The maximum atomic E-state index is 5.96. The second-order valence-corrected chi connectivity index (χ2v) is 4.70. The fourth-order valence-electron chi connectivity index (χ4n) is 3.00. The molecule has 1 aromatic rings. The van der Waals surface area contributed by atoms with Crippen molar-refractivity contribution in [2.24, 2.45) is 16.5 Å². The topological polar surface area (TPSA) is 92.1 Å². The highest BCUT2D eigenvalue weighted by molar-refractivity contribution is 5.76. The van der Waals surface area contributed by atoms with Crippen LogP contribution in [0.3, 0.4) is 0 Å². The number of nitrogens with zero attached hydrogens (tertiary/aromatic N) is 1. The molecule has 2 aliphatic rings. The largest absolute Gasteiger partial charge is 0.496 e. The average molecular weight is 263 g/mol. The van der Waals surface area contributed by atoms with Gasteiger partial charge >= 0.3 is 0 Å². The lowest BCUT2D eigenvalue weighted by molar-refractivity contribution is 0.0666. The lowest BCUT2D eigenvalue weighted by atomic mass is 9.87. The quantitative estimate of drug-likeness (QED) is 0.623. The van der Waals surface area contributed by atoms with Gasteiger partial charge in [-0.25, -0.2) is 4.99 Å². The number of hydrogen-bond donors (Lipinski definition) is 2. The van der Waals surface area contributed by atoms with E-state index in [1.54, 1.807) is 14.2 Å². The third-order valence-electron chi connectivity index (χ3n) is 3.68. The summed E-state index contributed by atoms with van der Waals surface area (Å²) in [5.41, 5.74) is 13.0. The summed E-state index contributed by atoms with van der Waals surface area (Å²) < 4.78 is 16.8. The Labute approximate surface area is 111 Å². The standard InChI is InChI=1S/C13H17N3O3/c1-17-7-3-4-8(18-2)11-10(7)9-5-6(12(11)19-9)16-13(14)15/h3-4,6,9,12H,5H2,1-2H3,(H4,14,15,16). The number of fused-ring (bicyclic) bond motifs is 5. The predicted octanol–water partition coefficient (Wildman–Crippen LogP) is 0.862. The molecule has 2 bridgehead atoms. The van der Waals surface area contributed by atoms with Crippen LogP contribution < -0.4 is 20.9 Å². The molecule has 3 rings (SSSR count). The highest BCUT2D eigenvalue weighted by atomic mass is 16.5. The summed E-state index contributed by atoms with van der Waals surface area (Å²) in [6.07, 6.45) is 0.573. The van der Waals surface area contributed by atoms with Crippen LogP contribution >= 0.6 is 0 Å². The third-order valence-corrected chi connectivity index (χ3v) is 3.68. The Bertz CT molecular complexity index is 540. The van der Waals surface area contributed by atoms with Crippen molar-refractivity contribution in [3.05, 3.63) is 23.3 Å². The fourth-order valence-corrected chi connectivity index (χ4v) is 3.00. The fraction of sp³-hybridized carbons (Fsp3) is 0.462. The zero-order chi connectivity index (χ0) is 13.6. The van der Waals surface area contributed by atoms with Gasteiger partial charge in [0.05, 0.1) is 26.4 Å². The first kappa shape index (κ1) is 12.1. The van der Waals surface area contributed by atoms with Crippen molar-refractivity contribution in [3.63, 3.8) is 0 Å². The van der Waals surface area contributed by atoms with Gasteiger partial charge in [-0.3, -0.25) is 0 Å². The van der Waals surface area contributed by atoms with Crippen molar-refractivity contribution in [3.8, 4) is 11.5 Å². The third kappa shape index (κ3) is 1.71. The molecule has 0 saturated carbocycles. The molecule has 1 saturated heterocycles. The number of ether oxygens (including phenoxy) is 3. The molecule has 0 amide bonds. The van der Waals surface area contributed by atoms with Crippen molar-refractivity contribution < 1.29 is 14.2 Å². The first-order valence-corrected chi connectivity index (χ1v) is 6.14. The van der Waals surface area contributed by atoms with Gasteiger partial charge < -0.3 is 25.7 Å². The first-order valence-electron chi connectivity index (χ1n) is 6.14. The molecule has 1 fully saturated rings. The first-order chi connectivity index (χ1) is 9.15. The molecule has 3 atom stereocenters. The van der Waals surface area contributed by atoms with Gasteiger partial charge in [0.2, 0.25) is 0 Å². The minimum atomic E-state index is -0.160. The van der Waals surface area contributed by atoms with Crippen LogP contribution in [-0.4, -0.2) is 26.2 Å². The number of aliphatic imine (C=N–C) groups is 1. The van der Waals surface area contributed by atoms with E-state index in [4.69, 9.17) is 25.7 Å². The number of benzene rings is 1. The van der Waals surface area contributed by atoms with Gasteiger partial charge in [-0.1, -0.05) is 0 Å². The zero-order valence-electron chi connectivity index (χ0n) is 10.9. The summed E-state index contributed by atoms with van der Waals surface area (Å²) in [7, 11) is 3.30. The Morgan fingerprint density at radius 1 is 1.21 bits per heavy atom. The van der Waals surface area contributed by atoms with Crippen LogP contribution in [0.5, 0.6) is 11.5 Å². The van der Waals surface area contributed by atoms with Crippen LogP contribution in [0, 0.1) is 0 Å². The molecule has 102 valence electrons. The lowest BCUT2D eigenvalue weighted by Gasteiger charge is -2.22. The maximum absolute atomic E-state index is 5.96. The van der Waals surface area contributed by atoms with Crippen LogP contribution in [0.15, 0.2) is 17.1 Å². The van der Waals surface area contributed by atoms with E-state index >= 15 is 0 Å². The van der Waals surface area contributed by atoms with E-state index < -0.39 is 0 Å². The summed E-state index contributed by atoms with van der Waals surface area (Å²) in [6.45, 7) is 0. The summed E-state index contributed by atoms with van der Waals surface area (Å²) in [5, 5.41) is 0. The van der Waals surface area contributed by atoms with Gasteiger partial charge in [0.1, 0.15) is 17.6 Å². The number of guanidine groups is 1. The smallest absolute Gasteiger partial charge is 0.186 e. The second-order valence-electron chi connectivity index (χ2n) is 4.70. The summed E-state index contributed by atoms with van der Waals surface area (Å²) in [4.78, 5) is 4.24. The van der Waals surface area contributed by atoms with E-state index in [1.807, 2.05) is 12.1 Å². The predicted molar refractivity (Wildman–Crippen MR) is 70.3 cm³/mol. The van der Waals surface area contributed by atoms with Crippen LogP contribution in [0.4, 0.5) is 0 Å². The Balaban J connectivity index is 2.09. The van der Waals surface area contributed by atoms with E-state index in [9.17, 15) is 0 Å². The van der Waals surface area contributed by atoms with Gasteiger partial charge in [-0.2, -0.15) is 0 Å². The van der Waals surface area contributed by atoms with Crippen LogP contribution in [0.25, 0.3) is 0 Å². The Hall–Kier alpha value is -1.95. The molecule has 0 spiro atoms. The molecular weight excluding hydrogens is 246 g/mol. The number of methoxy groups -OCH3 is 2. The lowest BCUT2D eigenvalue weighted by Crippen LogP contribution is -2.27. The molecule has 6 heteroatoms. The van der Waals surface area contributed by atoms with Crippen LogP contribution in [-0.2, 0) is 4.74 Å². The van der Waals surface area contributed by atoms with Crippen molar-refractivity contribution in [2.45, 2.75) is 24.7 Å². The second kappa shape index (κ2) is 4.31. The monoisotopic (exact) mass is 263 g/mol. The van der Waals surface area contributed by atoms with E-state index in [1.165, 1.54) is 0 Å². The molecule has 0 radical (unpaired) electrons. The molecule has 3 unspecified atom stereocenters. The summed E-state index contributed by atoms with van der Waals surface area (Å²) in [6, 6.07) is 3.73. The molecular formula is C13H17N3O3. The Morgan fingerprint density at radius 3 is 2.42 bits per heavy atom. The Morgan fingerprint density at radius 2 is 1.84 bits per heavy atom. The molecule has 4 N–H and O–H groups in total. The molecule has 1 aromatic carbocycles. The van der Waals surface area contributed by atoms with Crippen molar-refractivity contribution in [1.29, 1.82) is 0 Å².